The molecule has 0 spiro atoms. The van der Waals surface area contributed by atoms with E-state index < -0.39 is 11.9 Å². The third-order valence-electron chi connectivity index (χ3n) is 3.30. The Morgan fingerprint density at radius 3 is 2.53 bits per heavy atom. The van der Waals surface area contributed by atoms with Crippen molar-refractivity contribution in [1.82, 2.24) is 0 Å². The summed E-state index contributed by atoms with van der Waals surface area (Å²) in [4.78, 5) is 29.0. The lowest BCUT2D eigenvalue weighted by molar-refractivity contribution is -0.142. The number of carbonyl (C=O) groups is 2. The van der Waals surface area contributed by atoms with Gasteiger partial charge in [0.25, 0.3) is 5.91 Å². The van der Waals surface area contributed by atoms with Crippen LogP contribution in [0.5, 0.6) is 0 Å². The summed E-state index contributed by atoms with van der Waals surface area (Å²) in [5.74, 6) is -1.30. The molecule has 0 N–H and O–H groups in total. The van der Waals surface area contributed by atoms with E-state index in [2.05, 4.69) is 6.92 Å². The quantitative estimate of drug-likeness (QED) is 0.584. The van der Waals surface area contributed by atoms with Gasteiger partial charge in [0.1, 0.15) is 5.92 Å². The summed E-state index contributed by atoms with van der Waals surface area (Å²) in [6, 6.07) is 8.99. The molecule has 1 atom stereocenters. The smallest absolute Gasteiger partial charge is 0.332 e. The van der Waals surface area contributed by atoms with Gasteiger partial charge in [0.15, 0.2) is 0 Å². The van der Waals surface area contributed by atoms with Crippen LogP contribution < -0.4 is 5.06 Å². The number of carbonyl (C=O) groups excluding carboxylic acids is 2. The minimum absolute atomic E-state index is 0.243. The predicted octanol–water partition coefficient (Wildman–Crippen LogP) is 3.08. The molecule has 1 unspecified atom stereocenters. The van der Waals surface area contributed by atoms with Crippen molar-refractivity contribution >= 4 is 17.6 Å². The minimum atomic E-state index is -0.628. The lowest BCUT2D eigenvalue weighted by Gasteiger charge is -2.12. The Morgan fingerprint density at radius 1 is 1.11 bits per heavy atom. The minimum Gasteiger partial charge on any atom is -0.332 e. The van der Waals surface area contributed by atoms with Crippen molar-refractivity contribution in [1.29, 1.82) is 0 Å². The van der Waals surface area contributed by atoms with Crippen molar-refractivity contribution in [3.05, 3.63) is 30.3 Å². The highest BCUT2D eigenvalue weighted by molar-refractivity contribution is 6.10. The van der Waals surface area contributed by atoms with E-state index in [1.165, 1.54) is 0 Å². The topological polar surface area (TPSA) is 46.6 Å². The Kier molecular flexibility index (Phi) is 4.55. The second-order valence-corrected chi connectivity index (χ2v) is 4.78. The Bertz CT molecular complexity index is 444. The number of amides is 1. The summed E-state index contributed by atoms with van der Waals surface area (Å²) in [5, 5.41) is 1.12. The molecule has 0 aliphatic carbocycles. The second-order valence-electron chi connectivity index (χ2n) is 4.78. The fraction of sp³-hybridized carbons (Fsp3) is 0.467. The number of hydrogen-bond donors (Lipinski definition) is 0. The van der Waals surface area contributed by atoms with Crippen LogP contribution in [-0.2, 0) is 14.4 Å². The normalized spacial score (nSPS) is 18.8. The van der Waals surface area contributed by atoms with Gasteiger partial charge >= 0.3 is 5.97 Å². The number of anilines is 1. The Labute approximate surface area is 113 Å². The van der Waals surface area contributed by atoms with Gasteiger partial charge in [-0.1, -0.05) is 50.8 Å². The Hall–Kier alpha value is -1.84. The van der Waals surface area contributed by atoms with Gasteiger partial charge in [0.2, 0.25) is 0 Å². The van der Waals surface area contributed by atoms with Crippen molar-refractivity contribution in [3.8, 4) is 0 Å². The number of hydroxylamine groups is 1. The first kappa shape index (κ1) is 13.6. The number of nitrogens with zero attached hydrogens (tertiary/aromatic N) is 1. The molecule has 1 aliphatic rings. The molecular formula is C15H19NO3. The number of rotatable bonds is 6. The summed E-state index contributed by atoms with van der Waals surface area (Å²) < 4.78 is 0. The zero-order chi connectivity index (χ0) is 13.7. The van der Waals surface area contributed by atoms with E-state index in [0.717, 1.165) is 30.7 Å². The van der Waals surface area contributed by atoms with E-state index in [1.54, 1.807) is 12.1 Å². The number of hydrogen-bond acceptors (Lipinski definition) is 3. The molecule has 4 heteroatoms. The van der Waals surface area contributed by atoms with E-state index in [9.17, 15) is 9.59 Å². The molecule has 1 amide bonds. The van der Waals surface area contributed by atoms with E-state index in [0.29, 0.717) is 12.1 Å². The van der Waals surface area contributed by atoms with Crippen molar-refractivity contribution in [2.75, 3.05) is 5.06 Å². The van der Waals surface area contributed by atoms with Crippen LogP contribution in [0.3, 0.4) is 0 Å². The van der Waals surface area contributed by atoms with Crippen LogP contribution in [-0.4, -0.2) is 11.9 Å². The van der Waals surface area contributed by atoms with Crippen LogP contribution in [0, 0.1) is 5.92 Å². The second kappa shape index (κ2) is 6.36. The van der Waals surface area contributed by atoms with Gasteiger partial charge in [-0.15, -0.1) is 5.06 Å². The molecule has 4 nitrogen and oxygen atoms in total. The first-order valence-corrected chi connectivity index (χ1v) is 6.85. The standard InChI is InChI=1S/C15H19NO3/c1-2-3-4-8-11-13-14(17)16(19-15(13)18)12-9-6-5-7-10-12/h5-7,9-10,13H,2-4,8,11H2,1H3. The van der Waals surface area contributed by atoms with Gasteiger partial charge in [0.05, 0.1) is 5.69 Å². The van der Waals surface area contributed by atoms with Crippen molar-refractivity contribution in [2.45, 2.75) is 39.0 Å². The molecule has 0 aromatic heterocycles. The number of benzene rings is 1. The molecule has 1 aliphatic heterocycles. The first-order valence-electron chi connectivity index (χ1n) is 6.85. The summed E-state index contributed by atoms with van der Waals surface area (Å²) in [7, 11) is 0. The molecule has 1 aromatic rings. The average molecular weight is 261 g/mol. The molecule has 1 saturated heterocycles. The summed E-state index contributed by atoms with van der Waals surface area (Å²) in [5.41, 5.74) is 0.608. The molecular weight excluding hydrogens is 242 g/mol. The zero-order valence-electron chi connectivity index (χ0n) is 11.2. The molecule has 1 aromatic carbocycles. The highest BCUT2D eigenvalue weighted by atomic mass is 16.7. The molecule has 1 fully saturated rings. The maximum atomic E-state index is 12.2. The van der Waals surface area contributed by atoms with Gasteiger partial charge in [-0.2, -0.15) is 0 Å². The zero-order valence-corrected chi connectivity index (χ0v) is 11.2. The van der Waals surface area contributed by atoms with Gasteiger partial charge in [0, 0.05) is 0 Å². The summed E-state index contributed by atoms with van der Waals surface area (Å²) in [6.07, 6.45) is 4.80. The van der Waals surface area contributed by atoms with Crippen LogP contribution in [0.25, 0.3) is 0 Å². The molecule has 0 saturated carbocycles. The van der Waals surface area contributed by atoms with E-state index in [4.69, 9.17) is 4.84 Å². The Morgan fingerprint density at radius 2 is 1.84 bits per heavy atom. The molecule has 2 rings (SSSR count). The van der Waals surface area contributed by atoms with E-state index >= 15 is 0 Å². The van der Waals surface area contributed by atoms with Gasteiger partial charge in [-0.3, -0.25) is 4.79 Å². The van der Waals surface area contributed by atoms with Gasteiger partial charge in [-0.25, -0.2) is 4.79 Å². The first-order chi connectivity index (χ1) is 9.24. The number of para-hydroxylation sites is 1. The molecule has 0 radical (unpaired) electrons. The van der Waals surface area contributed by atoms with Gasteiger partial charge in [-0.05, 0) is 18.6 Å². The lowest BCUT2D eigenvalue weighted by atomic mass is 10.0. The molecule has 19 heavy (non-hydrogen) atoms. The van der Waals surface area contributed by atoms with E-state index in [-0.39, 0.29) is 5.91 Å². The lowest BCUT2D eigenvalue weighted by Crippen LogP contribution is -2.25. The highest BCUT2D eigenvalue weighted by Crippen LogP contribution is 2.27. The van der Waals surface area contributed by atoms with Crippen LogP contribution >= 0.6 is 0 Å². The van der Waals surface area contributed by atoms with Crippen LogP contribution in [0.1, 0.15) is 39.0 Å². The van der Waals surface area contributed by atoms with Crippen LogP contribution in [0.2, 0.25) is 0 Å². The fourth-order valence-corrected chi connectivity index (χ4v) is 2.20. The largest absolute Gasteiger partial charge is 0.345 e. The monoisotopic (exact) mass is 261 g/mol. The maximum Gasteiger partial charge on any atom is 0.345 e. The third kappa shape index (κ3) is 3.13. The summed E-state index contributed by atoms with van der Waals surface area (Å²) in [6.45, 7) is 2.13. The van der Waals surface area contributed by atoms with Crippen molar-refractivity contribution in [3.63, 3.8) is 0 Å². The summed E-state index contributed by atoms with van der Waals surface area (Å²) >= 11 is 0. The predicted molar refractivity (Wildman–Crippen MR) is 72.3 cm³/mol. The van der Waals surface area contributed by atoms with Crippen molar-refractivity contribution in [2.24, 2.45) is 5.92 Å². The average Bonchev–Trinajstić information content (AvgIpc) is 2.72. The maximum absolute atomic E-state index is 12.2. The van der Waals surface area contributed by atoms with Crippen LogP contribution in [0.4, 0.5) is 5.69 Å². The fourth-order valence-electron chi connectivity index (χ4n) is 2.20. The molecule has 102 valence electrons. The SMILES string of the molecule is CCCCCCC1C(=O)ON(c2ccccc2)C1=O. The third-order valence-corrected chi connectivity index (χ3v) is 3.30. The highest BCUT2D eigenvalue weighted by Gasteiger charge is 2.42. The van der Waals surface area contributed by atoms with Crippen LogP contribution in [0.15, 0.2) is 30.3 Å². The molecule has 1 heterocycles. The Balaban J connectivity index is 1.97. The molecule has 0 bridgehead atoms. The van der Waals surface area contributed by atoms with Crippen molar-refractivity contribution < 1.29 is 14.4 Å². The van der Waals surface area contributed by atoms with Gasteiger partial charge < -0.3 is 4.84 Å². The van der Waals surface area contributed by atoms with E-state index in [1.807, 2.05) is 18.2 Å². The number of unbranched alkanes of at least 4 members (excludes halogenated alkanes) is 3.